The maximum absolute atomic E-state index is 12.8. The highest BCUT2D eigenvalue weighted by Crippen LogP contribution is 2.38. The van der Waals surface area contributed by atoms with E-state index >= 15 is 0 Å². The lowest BCUT2D eigenvalue weighted by Crippen LogP contribution is -2.41. The number of morpholine rings is 1. The first kappa shape index (κ1) is 22.3. The first-order chi connectivity index (χ1) is 14.4. The van der Waals surface area contributed by atoms with Gasteiger partial charge >= 0.3 is 0 Å². The molecule has 1 heterocycles. The quantitative estimate of drug-likeness (QED) is 0.599. The second kappa shape index (κ2) is 10.1. The molecule has 0 spiro atoms. The first-order valence-electron chi connectivity index (χ1n) is 9.29. The van der Waals surface area contributed by atoms with Crippen LogP contribution in [0, 0.1) is 0 Å². The van der Waals surface area contributed by atoms with E-state index < -0.39 is 0 Å². The highest BCUT2D eigenvalue weighted by Gasteiger charge is 2.25. The molecular weight excluding hydrogens is 429 g/mol. The molecule has 1 atom stereocenters. The second-order valence-electron chi connectivity index (χ2n) is 6.64. The van der Waals surface area contributed by atoms with E-state index in [-0.39, 0.29) is 12.0 Å². The van der Waals surface area contributed by atoms with Crippen LogP contribution in [0.2, 0.25) is 10.0 Å². The van der Waals surface area contributed by atoms with Crippen LogP contribution in [0.4, 0.5) is 0 Å². The summed E-state index contributed by atoms with van der Waals surface area (Å²) in [6, 6.07) is 8.83. The van der Waals surface area contributed by atoms with Crippen molar-refractivity contribution in [2.75, 3.05) is 41.0 Å². The van der Waals surface area contributed by atoms with Gasteiger partial charge in [-0.1, -0.05) is 23.2 Å². The number of ether oxygens (including phenoxy) is 4. The van der Waals surface area contributed by atoms with Crippen LogP contribution in [-0.4, -0.2) is 51.8 Å². The van der Waals surface area contributed by atoms with E-state index in [1.165, 1.54) is 6.08 Å². The van der Waals surface area contributed by atoms with Gasteiger partial charge in [0.15, 0.2) is 11.5 Å². The molecule has 30 heavy (non-hydrogen) atoms. The van der Waals surface area contributed by atoms with Gasteiger partial charge in [-0.15, -0.1) is 0 Å². The summed E-state index contributed by atoms with van der Waals surface area (Å²) in [7, 11) is 4.64. The Morgan fingerprint density at radius 3 is 2.23 bits per heavy atom. The van der Waals surface area contributed by atoms with Gasteiger partial charge in [-0.05, 0) is 47.5 Å². The average Bonchev–Trinajstić information content (AvgIpc) is 2.76. The van der Waals surface area contributed by atoms with Crippen LogP contribution < -0.4 is 14.2 Å². The van der Waals surface area contributed by atoms with Crippen molar-refractivity contribution >= 4 is 35.2 Å². The van der Waals surface area contributed by atoms with E-state index in [4.69, 9.17) is 42.1 Å². The molecule has 1 aliphatic rings. The maximum Gasteiger partial charge on any atom is 0.246 e. The number of nitrogens with zero attached hydrogens (tertiary/aromatic N) is 1. The molecule has 6 nitrogen and oxygen atoms in total. The SMILES string of the molecule is COc1cc(/C=C/C(=O)N2CCOC(c3cc(Cl)cc(Cl)c3)C2)cc(OC)c1OC. The van der Waals surface area contributed by atoms with Crippen LogP contribution in [0.25, 0.3) is 6.08 Å². The summed E-state index contributed by atoms with van der Waals surface area (Å²) in [4.78, 5) is 14.5. The largest absolute Gasteiger partial charge is 0.493 e. The summed E-state index contributed by atoms with van der Waals surface area (Å²) in [6.45, 7) is 1.34. The number of methoxy groups -OCH3 is 3. The van der Waals surface area contributed by atoms with Crippen LogP contribution >= 0.6 is 23.2 Å². The number of hydrogen-bond acceptors (Lipinski definition) is 5. The normalized spacial score (nSPS) is 16.6. The van der Waals surface area contributed by atoms with Crippen LogP contribution in [0.3, 0.4) is 0 Å². The zero-order chi connectivity index (χ0) is 21.7. The molecule has 1 amide bonds. The molecule has 2 aromatic carbocycles. The van der Waals surface area contributed by atoms with Gasteiger partial charge in [0.1, 0.15) is 6.10 Å². The molecule has 0 aromatic heterocycles. The molecule has 0 saturated carbocycles. The molecule has 160 valence electrons. The summed E-state index contributed by atoms with van der Waals surface area (Å²) in [5.41, 5.74) is 1.60. The summed E-state index contributed by atoms with van der Waals surface area (Å²) >= 11 is 12.2. The van der Waals surface area contributed by atoms with Crippen molar-refractivity contribution in [3.63, 3.8) is 0 Å². The van der Waals surface area contributed by atoms with Gasteiger partial charge in [0, 0.05) is 22.7 Å². The molecule has 1 fully saturated rings. The molecule has 2 aromatic rings. The molecule has 0 radical (unpaired) electrons. The highest BCUT2D eigenvalue weighted by molar-refractivity contribution is 6.34. The Morgan fingerprint density at radius 2 is 1.67 bits per heavy atom. The fourth-order valence-corrected chi connectivity index (χ4v) is 3.83. The van der Waals surface area contributed by atoms with E-state index in [2.05, 4.69) is 0 Å². The van der Waals surface area contributed by atoms with Crippen molar-refractivity contribution in [3.8, 4) is 17.2 Å². The lowest BCUT2D eigenvalue weighted by molar-refractivity contribution is -0.133. The zero-order valence-corrected chi connectivity index (χ0v) is 18.5. The Bertz CT molecular complexity index is 902. The lowest BCUT2D eigenvalue weighted by atomic mass is 10.1. The predicted octanol–water partition coefficient (Wildman–Crippen LogP) is 4.63. The van der Waals surface area contributed by atoms with E-state index in [0.29, 0.717) is 47.0 Å². The second-order valence-corrected chi connectivity index (χ2v) is 7.51. The van der Waals surface area contributed by atoms with Crippen molar-refractivity contribution in [2.24, 2.45) is 0 Å². The number of carbonyl (C=O) groups is 1. The Morgan fingerprint density at radius 1 is 1.03 bits per heavy atom. The minimum absolute atomic E-state index is 0.120. The fraction of sp³-hybridized carbons (Fsp3) is 0.318. The molecule has 3 rings (SSSR count). The minimum atomic E-state index is -0.284. The standard InChI is InChI=1S/C22H23Cl2NO5/c1-27-18-8-14(9-19(28-2)22(18)29-3)4-5-21(26)25-6-7-30-20(13-25)15-10-16(23)12-17(24)11-15/h4-5,8-12,20H,6-7,13H2,1-3H3/b5-4+. The van der Waals surface area contributed by atoms with Crippen molar-refractivity contribution in [1.29, 1.82) is 0 Å². The van der Waals surface area contributed by atoms with Crippen LogP contribution in [-0.2, 0) is 9.53 Å². The molecule has 1 aliphatic heterocycles. The van der Waals surface area contributed by atoms with Gasteiger partial charge in [0.25, 0.3) is 0 Å². The Kier molecular flexibility index (Phi) is 7.48. The Balaban J connectivity index is 1.74. The topological polar surface area (TPSA) is 57.2 Å². The van der Waals surface area contributed by atoms with Crippen molar-refractivity contribution < 1.29 is 23.7 Å². The summed E-state index contributed by atoms with van der Waals surface area (Å²) in [6.07, 6.45) is 2.95. The third kappa shape index (κ3) is 5.19. The Labute approximate surface area is 185 Å². The third-order valence-electron chi connectivity index (χ3n) is 4.74. The van der Waals surface area contributed by atoms with Crippen molar-refractivity contribution in [1.82, 2.24) is 4.90 Å². The van der Waals surface area contributed by atoms with Crippen LogP contribution in [0.1, 0.15) is 17.2 Å². The number of amides is 1. The van der Waals surface area contributed by atoms with E-state index in [1.807, 2.05) is 0 Å². The number of halogens is 2. The third-order valence-corrected chi connectivity index (χ3v) is 5.18. The smallest absolute Gasteiger partial charge is 0.246 e. The zero-order valence-electron chi connectivity index (χ0n) is 17.0. The number of benzene rings is 2. The number of carbonyl (C=O) groups excluding carboxylic acids is 1. The molecule has 0 N–H and O–H groups in total. The first-order valence-corrected chi connectivity index (χ1v) is 10.0. The molecule has 1 saturated heterocycles. The van der Waals surface area contributed by atoms with Crippen molar-refractivity contribution in [2.45, 2.75) is 6.10 Å². The maximum atomic E-state index is 12.8. The van der Waals surface area contributed by atoms with Gasteiger partial charge < -0.3 is 23.8 Å². The summed E-state index contributed by atoms with van der Waals surface area (Å²) < 4.78 is 21.8. The highest BCUT2D eigenvalue weighted by atomic mass is 35.5. The molecular formula is C22H23Cl2NO5. The average molecular weight is 452 g/mol. The van der Waals surface area contributed by atoms with Gasteiger partial charge in [-0.25, -0.2) is 0 Å². The number of hydrogen-bond donors (Lipinski definition) is 0. The summed E-state index contributed by atoms with van der Waals surface area (Å²) in [5, 5.41) is 1.07. The molecule has 0 aliphatic carbocycles. The predicted molar refractivity (Wildman–Crippen MR) is 117 cm³/mol. The van der Waals surface area contributed by atoms with Crippen molar-refractivity contribution in [3.05, 3.63) is 57.6 Å². The van der Waals surface area contributed by atoms with Gasteiger partial charge in [-0.3, -0.25) is 4.79 Å². The van der Waals surface area contributed by atoms with Gasteiger partial charge in [0.05, 0.1) is 34.5 Å². The van der Waals surface area contributed by atoms with Crippen LogP contribution in [0.15, 0.2) is 36.4 Å². The van der Waals surface area contributed by atoms with Gasteiger partial charge in [-0.2, -0.15) is 0 Å². The van der Waals surface area contributed by atoms with Crippen LogP contribution in [0.5, 0.6) is 17.2 Å². The molecule has 1 unspecified atom stereocenters. The Hall–Kier alpha value is -2.41. The molecule has 0 bridgehead atoms. The van der Waals surface area contributed by atoms with E-state index in [0.717, 1.165) is 11.1 Å². The minimum Gasteiger partial charge on any atom is -0.493 e. The summed E-state index contributed by atoms with van der Waals surface area (Å²) in [5.74, 6) is 1.42. The fourth-order valence-electron chi connectivity index (χ4n) is 3.28. The van der Waals surface area contributed by atoms with E-state index in [9.17, 15) is 4.79 Å². The lowest BCUT2D eigenvalue weighted by Gasteiger charge is -2.32. The van der Waals surface area contributed by atoms with Gasteiger partial charge in [0.2, 0.25) is 11.7 Å². The van der Waals surface area contributed by atoms with E-state index in [1.54, 1.807) is 62.6 Å². The monoisotopic (exact) mass is 451 g/mol. The molecule has 8 heteroatoms. The number of rotatable bonds is 6.